The first-order valence-corrected chi connectivity index (χ1v) is 5.17. The van der Waals surface area contributed by atoms with Gasteiger partial charge in [-0.15, -0.1) is 0 Å². The molecule has 0 aromatic carbocycles. The second-order valence-electron chi connectivity index (χ2n) is 3.82. The summed E-state index contributed by atoms with van der Waals surface area (Å²) in [6, 6.07) is 0. The van der Waals surface area contributed by atoms with Crippen molar-refractivity contribution < 1.29 is 15.1 Å². The van der Waals surface area contributed by atoms with E-state index in [4.69, 9.17) is 5.11 Å². The predicted octanol–water partition coefficient (Wildman–Crippen LogP) is -0.924. The topological polar surface area (TPSA) is 105 Å². The molecular formula is C9H16N4O4. The van der Waals surface area contributed by atoms with Crippen LogP contribution in [0.5, 0.6) is 0 Å². The Bertz CT molecular complexity index is 368. The van der Waals surface area contributed by atoms with Gasteiger partial charge in [-0.25, -0.2) is 0 Å². The smallest absolute Gasteiger partial charge is 0.306 e. The van der Waals surface area contributed by atoms with Crippen LogP contribution in [-0.2, 0) is 6.54 Å². The second-order valence-corrected chi connectivity index (χ2v) is 3.82. The van der Waals surface area contributed by atoms with E-state index in [9.17, 15) is 15.2 Å². The van der Waals surface area contributed by atoms with Gasteiger partial charge in [-0.1, -0.05) is 0 Å². The number of hydrogen-bond acceptors (Lipinski definition) is 6. The molecule has 1 aromatic heterocycles. The van der Waals surface area contributed by atoms with Gasteiger partial charge in [0.2, 0.25) is 0 Å². The van der Waals surface area contributed by atoms with Crippen LogP contribution < -0.4 is 0 Å². The maximum absolute atomic E-state index is 10.4. The van der Waals surface area contributed by atoms with Gasteiger partial charge in [0.1, 0.15) is 12.4 Å². The molecule has 0 aliphatic heterocycles. The Morgan fingerprint density at radius 2 is 2.41 bits per heavy atom. The van der Waals surface area contributed by atoms with Crippen LogP contribution in [0.15, 0.2) is 12.4 Å². The van der Waals surface area contributed by atoms with E-state index in [0.717, 1.165) is 6.20 Å². The molecule has 8 heteroatoms. The third-order valence-electron chi connectivity index (χ3n) is 2.23. The van der Waals surface area contributed by atoms with E-state index in [-0.39, 0.29) is 18.8 Å². The number of nitrogens with zero attached hydrogens (tertiary/aromatic N) is 4. The summed E-state index contributed by atoms with van der Waals surface area (Å²) < 4.78 is 1.33. The maximum atomic E-state index is 10.4. The summed E-state index contributed by atoms with van der Waals surface area (Å²) in [6.07, 6.45) is 1.73. The van der Waals surface area contributed by atoms with E-state index in [1.165, 1.54) is 10.9 Å². The van der Waals surface area contributed by atoms with Crippen molar-refractivity contribution in [3.63, 3.8) is 0 Å². The molecule has 0 saturated heterocycles. The number of aliphatic hydroxyl groups excluding tert-OH is 2. The van der Waals surface area contributed by atoms with Gasteiger partial charge in [-0.05, 0) is 7.05 Å². The summed E-state index contributed by atoms with van der Waals surface area (Å²) in [7, 11) is 1.77. The first-order chi connectivity index (χ1) is 8.02. The Balaban J connectivity index is 2.44. The molecule has 1 unspecified atom stereocenters. The van der Waals surface area contributed by atoms with E-state index >= 15 is 0 Å². The summed E-state index contributed by atoms with van der Waals surface area (Å²) in [5.74, 6) is 0. The monoisotopic (exact) mass is 244 g/mol. The zero-order chi connectivity index (χ0) is 12.8. The standard InChI is InChI=1S/C9H16N4O4/c1-11(2-3-14)6-9(15)7-12-5-8(4-10-12)13(16)17/h4-5,9,14-15H,2-3,6-7H2,1H3. The lowest BCUT2D eigenvalue weighted by Gasteiger charge is -2.19. The highest BCUT2D eigenvalue weighted by Crippen LogP contribution is 2.08. The lowest BCUT2D eigenvalue weighted by atomic mass is 10.3. The molecule has 1 atom stereocenters. The highest BCUT2D eigenvalue weighted by atomic mass is 16.6. The molecule has 1 aromatic rings. The molecule has 2 N–H and O–H groups in total. The van der Waals surface area contributed by atoms with Crippen molar-refractivity contribution in [2.75, 3.05) is 26.7 Å². The van der Waals surface area contributed by atoms with E-state index in [0.29, 0.717) is 13.1 Å². The zero-order valence-corrected chi connectivity index (χ0v) is 9.56. The number of likely N-dealkylation sites (N-methyl/N-ethyl adjacent to an activating group) is 1. The van der Waals surface area contributed by atoms with E-state index in [1.54, 1.807) is 11.9 Å². The third-order valence-corrected chi connectivity index (χ3v) is 2.23. The van der Waals surface area contributed by atoms with Crippen LogP contribution in [0.1, 0.15) is 0 Å². The quantitative estimate of drug-likeness (QED) is 0.474. The molecule has 0 fully saturated rings. The van der Waals surface area contributed by atoms with Crippen LogP contribution in [0.25, 0.3) is 0 Å². The molecule has 0 saturated carbocycles. The highest BCUT2D eigenvalue weighted by molar-refractivity contribution is 5.20. The molecular weight excluding hydrogens is 228 g/mol. The average molecular weight is 244 g/mol. The second kappa shape index (κ2) is 6.28. The summed E-state index contributed by atoms with van der Waals surface area (Å²) in [6.45, 7) is 1.05. The molecule has 1 heterocycles. The molecule has 0 aliphatic rings. The highest BCUT2D eigenvalue weighted by Gasteiger charge is 2.13. The van der Waals surface area contributed by atoms with Crippen molar-refractivity contribution >= 4 is 5.69 Å². The zero-order valence-electron chi connectivity index (χ0n) is 9.56. The molecule has 0 aliphatic carbocycles. The first-order valence-electron chi connectivity index (χ1n) is 5.17. The van der Waals surface area contributed by atoms with Gasteiger partial charge in [0, 0.05) is 13.1 Å². The molecule has 17 heavy (non-hydrogen) atoms. The van der Waals surface area contributed by atoms with Crippen molar-refractivity contribution in [3.05, 3.63) is 22.5 Å². The van der Waals surface area contributed by atoms with E-state index in [2.05, 4.69) is 5.10 Å². The Morgan fingerprint density at radius 3 is 2.94 bits per heavy atom. The summed E-state index contributed by atoms with van der Waals surface area (Å²) in [5.41, 5.74) is -0.0964. The van der Waals surface area contributed by atoms with Crippen LogP contribution >= 0.6 is 0 Å². The van der Waals surface area contributed by atoms with Crippen LogP contribution in [0, 0.1) is 10.1 Å². The summed E-state index contributed by atoms with van der Waals surface area (Å²) in [4.78, 5) is 11.6. The number of aliphatic hydroxyl groups is 2. The predicted molar refractivity (Wildman–Crippen MR) is 59.5 cm³/mol. The Labute approximate surface area is 98.2 Å². The van der Waals surface area contributed by atoms with Crippen LogP contribution in [0.3, 0.4) is 0 Å². The minimum absolute atomic E-state index is 0.0243. The van der Waals surface area contributed by atoms with Crippen LogP contribution in [0.4, 0.5) is 5.69 Å². The van der Waals surface area contributed by atoms with Crippen LogP contribution in [-0.4, -0.2) is 62.7 Å². The summed E-state index contributed by atoms with van der Waals surface area (Å²) in [5, 5.41) is 32.6. The fourth-order valence-electron chi connectivity index (χ4n) is 1.44. The van der Waals surface area contributed by atoms with Crippen molar-refractivity contribution in [1.29, 1.82) is 0 Å². The number of aromatic nitrogens is 2. The van der Waals surface area contributed by atoms with Crippen molar-refractivity contribution in [2.45, 2.75) is 12.6 Å². The molecule has 8 nitrogen and oxygen atoms in total. The molecule has 96 valence electrons. The maximum Gasteiger partial charge on any atom is 0.306 e. The molecule has 0 bridgehead atoms. The fraction of sp³-hybridized carbons (Fsp3) is 0.667. The van der Waals surface area contributed by atoms with Gasteiger partial charge >= 0.3 is 5.69 Å². The van der Waals surface area contributed by atoms with Gasteiger partial charge in [0.05, 0.1) is 24.2 Å². The third kappa shape index (κ3) is 4.47. The average Bonchev–Trinajstić information content (AvgIpc) is 2.66. The van der Waals surface area contributed by atoms with Crippen molar-refractivity contribution in [3.8, 4) is 0 Å². The first kappa shape index (κ1) is 13.6. The molecule has 0 radical (unpaired) electrons. The summed E-state index contributed by atoms with van der Waals surface area (Å²) >= 11 is 0. The van der Waals surface area contributed by atoms with Gasteiger partial charge in [-0.2, -0.15) is 5.10 Å². The van der Waals surface area contributed by atoms with Gasteiger partial charge in [0.25, 0.3) is 0 Å². The van der Waals surface area contributed by atoms with Gasteiger partial charge in [-0.3, -0.25) is 14.8 Å². The van der Waals surface area contributed by atoms with E-state index in [1.807, 2.05) is 0 Å². The number of nitro groups is 1. The SMILES string of the molecule is CN(CCO)CC(O)Cn1cc([N+](=O)[O-])cn1. The Hall–Kier alpha value is -1.51. The lowest BCUT2D eigenvalue weighted by molar-refractivity contribution is -0.385. The number of hydrogen-bond donors (Lipinski definition) is 2. The molecule has 0 amide bonds. The van der Waals surface area contributed by atoms with Crippen molar-refractivity contribution in [1.82, 2.24) is 14.7 Å². The van der Waals surface area contributed by atoms with Gasteiger partial charge in [0.15, 0.2) is 0 Å². The Morgan fingerprint density at radius 1 is 1.71 bits per heavy atom. The normalized spacial score (nSPS) is 12.9. The molecule has 0 spiro atoms. The minimum Gasteiger partial charge on any atom is -0.395 e. The molecule has 1 rings (SSSR count). The minimum atomic E-state index is -0.689. The van der Waals surface area contributed by atoms with Crippen molar-refractivity contribution in [2.24, 2.45) is 0 Å². The number of rotatable bonds is 7. The van der Waals surface area contributed by atoms with Crippen LogP contribution in [0.2, 0.25) is 0 Å². The Kier molecular flexibility index (Phi) is 5.01. The van der Waals surface area contributed by atoms with E-state index < -0.39 is 11.0 Å². The van der Waals surface area contributed by atoms with Gasteiger partial charge < -0.3 is 15.1 Å². The largest absolute Gasteiger partial charge is 0.395 e. The fourth-order valence-corrected chi connectivity index (χ4v) is 1.44. The lowest BCUT2D eigenvalue weighted by Crippen LogP contribution is -2.33.